The fourth-order valence-corrected chi connectivity index (χ4v) is 3.09. The summed E-state index contributed by atoms with van der Waals surface area (Å²) in [4.78, 5) is 9.39. The van der Waals surface area contributed by atoms with Crippen molar-refractivity contribution in [2.75, 3.05) is 25.0 Å². The summed E-state index contributed by atoms with van der Waals surface area (Å²) < 4.78 is 6.01. The molecule has 1 atom stereocenters. The highest BCUT2D eigenvalue weighted by atomic mass is 35.5. The first-order valence-electron chi connectivity index (χ1n) is 8.75. The first-order chi connectivity index (χ1) is 11.4. The molecule has 130 valence electrons. The number of nitrogens with zero attached hydrogens (tertiary/aromatic N) is 2. The van der Waals surface area contributed by atoms with Gasteiger partial charge in [0.05, 0.1) is 17.6 Å². The van der Waals surface area contributed by atoms with Crippen LogP contribution in [0.2, 0.25) is 0 Å². The van der Waals surface area contributed by atoms with Gasteiger partial charge in [0.15, 0.2) is 5.82 Å². The highest BCUT2D eigenvalue weighted by Crippen LogP contribution is 2.30. The normalized spacial score (nSPS) is 20.4. The summed E-state index contributed by atoms with van der Waals surface area (Å²) in [5.74, 6) is 2.17. The van der Waals surface area contributed by atoms with Gasteiger partial charge in [0.2, 0.25) is 0 Å². The standard InChI is InChI=1S/C18H24N4O.ClH/c1-2-6-16-15(5-1)21-17(20-14-7-8-14)18(22-16)23-11-9-13-4-3-10-19-12-13;/h1-2,5-6,13-14,19H,3-4,7-12H2,(H,20,21);1H. The van der Waals surface area contributed by atoms with Crippen molar-refractivity contribution in [3.05, 3.63) is 24.3 Å². The number of aromatic nitrogens is 2. The molecule has 2 aliphatic rings. The molecule has 24 heavy (non-hydrogen) atoms. The van der Waals surface area contributed by atoms with Gasteiger partial charge < -0.3 is 15.4 Å². The zero-order valence-corrected chi connectivity index (χ0v) is 14.6. The Kier molecular flexibility index (Phi) is 5.74. The number of fused-ring (bicyclic) bond motifs is 1. The van der Waals surface area contributed by atoms with Crippen LogP contribution in [0.25, 0.3) is 11.0 Å². The van der Waals surface area contributed by atoms with Gasteiger partial charge in [0.25, 0.3) is 5.88 Å². The molecule has 1 saturated carbocycles. The summed E-state index contributed by atoms with van der Waals surface area (Å²) in [5, 5.41) is 6.91. The van der Waals surface area contributed by atoms with E-state index in [2.05, 4.69) is 15.6 Å². The number of rotatable bonds is 6. The number of piperidine rings is 1. The molecular weight excluding hydrogens is 324 g/mol. The lowest BCUT2D eigenvalue weighted by molar-refractivity contribution is 0.248. The molecule has 1 aromatic heterocycles. The fourth-order valence-electron chi connectivity index (χ4n) is 3.09. The molecule has 0 spiro atoms. The molecule has 0 bridgehead atoms. The van der Waals surface area contributed by atoms with Crippen molar-refractivity contribution >= 4 is 29.3 Å². The van der Waals surface area contributed by atoms with Crippen LogP contribution in [0.1, 0.15) is 32.1 Å². The second kappa shape index (κ2) is 7.99. The largest absolute Gasteiger partial charge is 0.475 e. The van der Waals surface area contributed by atoms with Gasteiger partial charge >= 0.3 is 0 Å². The summed E-state index contributed by atoms with van der Waals surface area (Å²) in [6, 6.07) is 8.51. The van der Waals surface area contributed by atoms with Crippen LogP contribution in [0.3, 0.4) is 0 Å². The van der Waals surface area contributed by atoms with Crippen LogP contribution >= 0.6 is 12.4 Å². The van der Waals surface area contributed by atoms with Crippen molar-refractivity contribution in [2.45, 2.75) is 38.1 Å². The van der Waals surface area contributed by atoms with Crippen LogP contribution in [0.15, 0.2) is 24.3 Å². The molecule has 2 fully saturated rings. The third kappa shape index (κ3) is 4.28. The van der Waals surface area contributed by atoms with E-state index in [0.29, 0.717) is 18.5 Å². The van der Waals surface area contributed by atoms with Crippen molar-refractivity contribution in [3.63, 3.8) is 0 Å². The number of benzene rings is 1. The minimum absolute atomic E-state index is 0. The second-order valence-electron chi connectivity index (χ2n) is 6.63. The molecule has 1 aliphatic heterocycles. The SMILES string of the molecule is Cl.c1ccc2nc(OCCC3CCCNC3)c(NC3CC3)nc2c1. The molecule has 1 unspecified atom stereocenters. The Bertz CT molecular complexity index is 671. The van der Waals surface area contributed by atoms with Gasteiger partial charge in [-0.2, -0.15) is 0 Å². The molecule has 1 saturated heterocycles. The maximum Gasteiger partial charge on any atom is 0.258 e. The second-order valence-corrected chi connectivity index (χ2v) is 6.63. The molecule has 5 nitrogen and oxygen atoms in total. The van der Waals surface area contributed by atoms with E-state index in [1.807, 2.05) is 24.3 Å². The summed E-state index contributed by atoms with van der Waals surface area (Å²) >= 11 is 0. The number of ether oxygens (including phenoxy) is 1. The number of nitrogens with one attached hydrogen (secondary N) is 2. The van der Waals surface area contributed by atoms with Crippen molar-refractivity contribution in [1.29, 1.82) is 0 Å². The van der Waals surface area contributed by atoms with E-state index in [4.69, 9.17) is 9.72 Å². The summed E-state index contributed by atoms with van der Waals surface area (Å²) in [6.45, 7) is 2.97. The van der Waals surface area contributed by atoms with Gasteiger partial charge in [-0.15, -0.1) is 12.4 Å². The van der Waals surface area contributed by atoms with Crippen molar-refractivity contribution < 1.29 is 4.74 Å². The molecule has 0 amide bonds. The fraction of sp³-hybridized carbons (Fsp3) is 0.556. The lowest BCUT2D eigenvalue weighted by Gasteiger charge is -2.22. The summed E-state index contributed by atoms with van der Waals surface area (Å²) in [7, 11) is 0. The summed E-state index contributed by atoms with van der Waals surface area (Å²) in [5.41, 5.74) is 1.81. The number of para-hydroxylation sites is 2. The smallest absolute Gasteiger partial charge is 0.258 e. The van der Waals surface area contributed by atoms with E-state index in [0.717, 1.165) is 42.3 Å². The third-order valence-corrected chi connectivity index (χ3v) is 4.62. The van der Waals surface area contributed by atoms with E-state index in [9.17, 15) is 0 Å². The zero-order chi connectivity index (χ0) is 15.5. The quantitative estimate of drug-likeness (QED) is 0.838. The lowest BCUT2D eigenvalue weighted by Crippen LogP contribution is -2.30. The van der Waals surface area contributed by atoms with E-state index < -0.39 is 0 Å². The molecule has 2 heterocycles. The molecule has 2 N–H and O–H groups in total. The van der Waals surface area contributed by atoms with Gasteiger partial charge in [-0.3, -0.25) is 0 Å². The topological polar surface area (TPSA) is 59.1 Å². The molecule has 1 aliphatic carbocycles. The predicted octanol–water partition coefficient (Wildman–Crippen LogP) is 3.39. The van der Waals surface area contributed by atoms with Crippen LogP contribution in [-0.4, -0.2) is 35.7 Å². The number of hydrogen-bond donors (Lipinski definition) is 2. The van der Waals surface area contributed by atoms with Gasteiger partial charge in [-0.1, -0.05) is 12.1 Å². The maximum absolute atomic E-state index is 6.01. The van der Waals surface area contributed by atoms with Crippen LogP contribution in [0, 0.1) is 5.92 Å². The lowest BCUT2D eigenvalue weighted by atomic mass is 9.97. The van der Waals surface area contributed by atoms with Crippen LogP contribution < -0.4 is 15.4 Å². The van der Waals surface area contributed by atoms with Crippen LogP contribution in [-0.2, 0) is 0 Å². The number of hydrogen-bond acceptors (Lipinski definition) is 5. The van der Waals surface area contributed by atoms with E-state index in [1.165, 1.54) is 25.7 Å². The Morgan fingerprint density at radius 2 is 1.92 bits per heavy atom. The van der Waals surface area contributed by atoms with E-state index >= 15 is 0 Å². The van der Waals surface area contributed by atoms with Crippen molar-refractivity contribution in [2.24, 2.45) is 5.92 Å². The Morgan fingerprint density at radius 1 is 1.12 bits per heavy atom. The predicted molar refractivity (Wildman–Crippen MR) is 99.1 cm³/mol. The molecule has 4 rings (SSSR count). The monoisotopic (exact) mass is 348 g/mol. The molecule has 1 aromatic carbocycles. The first kappa shape index (κ1) is 17.2. The highest BCUT2D eigenvalue weighted by Gasteiger charge is 2.24. The minimum Gasteiger partial charge on any atom is -0.475 e. The Hall–Kier alpha value is -1.59. The molecule has 2 aromatic rings. The highest BCUT2D eigenvalue weighted by molar-refractivity contribution is 5.85. The molecule has 6 heteroatoms. The summed E-state index contributed by atoms with van der Waals surface area (Å²) in [6.07, 6.45) is 6.07. The molecule has 0 radical (unpaired) electrons. The molecular formula is C18H25ClN4O. The Balaban J connectivity index is 0.00000169. The van der Waals surface area contributed by atoms with Crippen molar-refractivity contribution in [1.82, 2.24) is 15.3 Å². The average molecular weight is 349 g/mol. The van der Waals surface area contributed by atoms with E-state index in [-0.39, 0.29) is 12.4 Å². The van der Waals surface area contributed by atoms with Gasteiger partial charge in [0, 0.05) is 6.04 Å². The van der Waals surface area contributed by atoms with E-state index in [1.54, 1.807) is 0 Å². The maximum atomic E-state index is 6.01. The van der Waals surface area contributed by atoms with Crippen LogP contribution in [0.5, 0.6) is 5.88 Å². The van der Waals surface area contributed by atoms with Crippen molar-refractivity contribution in [3.8, 4) is 5.88 Å². The van der Waals surface area contributed by atoms with Gasteiger partial charge in [0.1, 0.15) is 0 Å². The Morgan fingerprint density at radius 3 is 2.62 bits per heavy atom. The van der Waals surface area contributed by atoms with Crippen LogP contribution in [0.4, 0.5) is 5.82 Å². The first-order valence-corrected chi connectivity index (χ1v) is 8.75. The van der Waals surface area contributed by atoms with Gasteiger partial charge in [-0.25, -0.2) is 9.97 Å². The third-order valence-electron chi connectivity index (χ3n) is 4.62. The average Bonchev–Trinajstić information content (AvgIpc) is 3.40. The number of anilines is 1. The van der Waals surface area contributed by atoms with Gasteiger partial charge in [-0.05, 0) is 63.2 Å². The number of halogens is 1. The minimum atomic E-state index is 0. The zero-order valence-electron chi connectivity index (χ0n) is 13.8. The Labute approximate surface area is 149 Å².